The van der Waals surface area contributed by atoms with Crippen molar-refractivity contribution in [1.29, 1.82) is 0 Å². The second kappa shape index (κ2) is 4.37. The van der Waals surface area contributed by atoms with Gasteiger partial charge in [-0.15, -0.1) is 0 Å². The van der Waals surface area contributed by atoms with Gasteiger partial charge in [0, 0.05) is 11.6 Å². The number of imide groups is 1. The Morgan fingerprint density at radius 2 is 2.06 bits per heavy atom. The van der Waals surface area contributed by atoms with E-state index in [1.807, 2.05) is 13.8 Å². The second-order valence-electron chi connectivity index (χ2n) is 3.96. The first-order chi connectivity index (χ1) is 8.04. The van der Waals surface area contributed by atoms with Gasteiger partial charge in [0.15, 0.2) is 0 Å². The molecule has 1 heterocycles. The van der Waals surface area contributed by atoms with Crippen LogP contribution in [0.5, 0.6) is 0 Å². The minimum absolute atomic E-state index is 0.140. The number of likely N-dealkylation sites (N-methyl/N-ethyl adjacent to an activating group) is 1. The monoisotopic (exact) mass is 252 g/mol. The predicted molar refractivity (Wildman–Crippen MR) is 66.3 cm³/mol. The lowest BCUT2D eigenvalue weighted by Gasteiger charge is -2.16. The lowest BCUT2D eigenvalue weighted by Crippen LogP contribution is -2.32. The highest BCUT2D eigenvalue weighted by Gasteiger charge is 2.36. The van der Waals surface area contributed by atoms with Crippen molar-refractivity contribution in [3.05, 3.63) is 28.8 Å². The predicted octanol–water partition coefficient (Wildman–Crippen LogP) is 2.44. The van der Waals surface area contributed by atoms with Gasteiger partial charge in [-0.25, -0.2) is 9.69 Å². The first-order valence-corrected chi connectivity index (χ1v) is 5.80. The molecular formula is C12H13ClN2O2. The van der Waals surface area contributed by atoms with Crippen LogP contribution in [0.4, 0.5) is 10.5 Å². The van der Waals surface area contributed by atoms with Gasteiger partial charge in [0.2, 0.25) is 0 Å². The van der Waals surface area contributed by atoms with Crippen molar-refractivity contribution in [3.63, 3.8) is 0 Å². The summed E-state index contributed by atoms with van der Waals surface area (Å²) in [6, 6.07) is 4.90. The van der Waals surface area contributed by atoms with E-state index < -0.39 is 0 Å². The summed E-state index contributed by atoms with van der Waals surface area (Å²) in [6.07, 6.45) is 0. The van der Waals surface area contributed by atoms with Crippen LogP contribution < -0.4 is 4.90 Å². The molecule has 17 heavy (non-hydrogen) atoms. The number of hydrogen-bond donors (Lipinski definition) is 0. The van der Waals surface area contributed by atoms with Crippen LogP contribution in [-0.2, 0) is 4.79 Å². The fourth-order valence-electron chi connectivity index (χ4n) is 1.77. The Labute approximate surface area is 105 Å². The van der Waals surface area contributed by atoms with Crippen LogP contribution >= 0.6 is 11.6 Å². The first kappa shape index (κ1) is 11.9. The van der Waals surface area contributed by atoms with Gasteiger partial charge in [0.1, 0.15) is 6.54 Å². The molecule has 0 aliphatic carbocycles. The zero-order valence-electron chi connectivity index (χ0n) is 9.74. The maximum atomic E-state index is 11.9. The number of amides is 3. The Balaban J connectivity index is 2.36. The summed E-state index contributed by atoms with van der Waals surface area (Å²) in [4.78, 5) is 26.4. The molecule has 1 aliphatic heterocycles. The Morgan fingerprint density at radius 3 is 2.59 bits per heavy atom. The molecule has 1 saturated heterocycles. The molecule has 0 spiro atoms. The highest BCUT2D eigenvalue weighted by molar-refractivity contribution is 6.32. The molecule has 4 nitrogen and oxygen atoms in total. The number of rotatable bonds is 2. The number of benzene rings is 1. The van der Waals surface area contributed by atoms with Crippen LogP contribution in [0.3, 0.4) is 0 Å². The number of anilines is 1. The zero-order valence-corrected chi connectivity index (χ0v) is 10.5. The van der Waals surface area contributed by atoms with Crippen LogP contribution in [0.25, 0.3) is 0 Å². The van der Waals surface area contributed by atoms with E-state index in [0.717, 1.165) is 5.56 Å². The second-order valence-corrected chi connectivity index (χ2v) is 4.37. The number of aryl methyl sites for hydroxylation is 1. The SMILES string of the molecule is CCN1CC(=O)N(c2ccc(C)c(Cl)c2)C1=O. The van der Waals surface area contributed by atoms with Crippen molar-refractivity contribution in [3.8, 4) is 0 Å². The van der Waals surface area contributed by atoms with Crippen LogP contribution in [0.2, 0.25) is 5.02 Å². The van der Waals surface area contributed by atoms with Crippen LogP contribution in [0, 0.1) is 6.92 Å². The maximum absolute atomic E-state index is 11.9. The molecule has 1 aliphatic rings. The molecule has 1 aromatic rings. The van der Waals surface area contributed by atoms with Gasteiger partial charge < -0.3 is 4.90 Å². The molecule has 1 aromatic carbocycles. The molecule has 0 N–H and O–H groups in total. The fourth-order valence-corrected chi connectivity index (χ4v) is 1.95. The summed E-state index contributed by atoms with van der Waals surface area (Å²) in [5.41, 5.74) is 1.45. The Kier molecular flexibility index (Phi) is 3.07. The molecule has 0 bridgehead atoms. The first-order valence-electron chi connectivity index (χ1n) is 5.42. The third-order valence-corrected chi connectivity index (χ3v) is 3.24. The summed E-state index contributed by atoms with van der Waals surface area (Å²) in [5.74, 6) is -0.211. The van der Waals surface area contributed by atoms with Crippen LogP contribution in [0.15, 0.2) is 18.2 Å². The summed E-state index contributed by atoms with van der Waals surface area (Å²) < 4.78 is 0. The molecule has 0 saturated carbocycles. The van der Waals surface area contributed by atoms with Crippen molar-refractivity contribution in [2.24, 2.45) is 0 Å². The van der Waals surface area contributed by atoms with Gasteiger partial charge in [0.25, 0.3) is 5.91 Å². The largest absolute Gasteiger partial charge is 0.331 e. The lowest BCUT2D eigenvalue weighted by molar-refractivity contribution is -0.116. The highest BCUT2D eigenvalue weighted by atomic mass is 35.5. The van der Waals surface area contributed by atoms with Crippen LogP contribution in [-0.4, -0.2) is 29.9 Å². The van der Waals surface area contributed by atoms with E-state index >= 15 is 0 Å². The number of halogens is 1. The molecule has 0 radical (unpaired) electrons. The topological polar surface area (TPSA) is 40.6 Å². The number of hydrogen-bond acceptors (Lipinski definition) is 2. The smallest absolute Gasteiger partial charge is 0.315 e. The number of nitrogens with zero attached hydrogens (tertiary/aromatic N) is 2. The molecular weight excluding hydrogens is 240 g/mol. The minimum atomic E-state index is -0.280. The normalized spacial score (nSPS) is 15.9. The van der Waals surface area contributed by atoms with Crippen LogP contribution in [0.1, 0.15) is 12.5 Å². The maximum Gasteiger partial charge on any atom is 0.331 e. The molecule has 0 unspecified atom stereocenters. The zero-order chi connectivity index (χ0) is 12.6. The van der Waals surface area contributed by atoms with Crippen molar-refractivity contribution in [2.75, 3.05) is 18.0 Å². The average Bonchev–Trinajstić information content (AvgIpc) is 2.58. The summed E-state index contributed by atoms with van der Waals surface area (Å²) in [6.45, 7) is 4.39. The summed E-state index contributed by atoms with van der Waals surface area (Å²) in [7, 11) is 0. The van der Waals surface area contributed by atoms with Crippen molar-refractivity contribution >= 4 is 29.2 Å². The van der Waals surface area contributed by atoms with E-state index in [2.05, 4.69) is 0 Å². The number of urea groups is 1. The van der Waals surface area contributed by atoms with Gasteiger partial charge in [-0.3, -0.25) is 4.79 Å². The summed E-state index contributed by atoms with van der Waals surface area (Å²) in [5, 5.41) is 0.554. The molecule has 2 rings (SSSR count). The Hall–Kier alpha value is -1.55. The van der Waals surface area contributed by atoms with Crippen molar-refractivity contribution in [2.45, 2.75) is 13.8 Å². The standard InChI is InChI=1S/C12H13ClN2O2/c1-3-14-7-11(16)15(12(14)17)9-5-4-8(2)10(13)6-9/h4-6H,3,7H2,1-2H3. The number of carbonyl (C=O) groups excluding carboxylic acids is 2. The Bertz CT molecular complexity index is 487. The van der Waals surface area contributed by atoms with E-state index in [0.29, 0.717) is 17.3 Å². The number of carbonyl (C=O) groups is 2. The quantitative estimate of drug-likeness (QED) is 0.759. The van der Waals surface area contributed by atoms with E-state index in [1.54, 1.807) is 18.2 Å². The fraction of sp³-hybridized carbons (Fsp3) is 0.333. The van der Waals surface area contributed by atoms with E-state index in [1.165, 1.54) is 9.80 Å². The van der Waals surface area contributed by atoms with Gasteiger partial charge in [-0.2, -0.15) is 0 Å². The molecule has 3 amide bonds. The average molecular weight is 253 g/mol. The van der Waals surface area contributed by atoms with Gasteiger partial charge in [-0.1, -0.05) is 17.7 Å². The van der Waals surface area contributed by atoms with E-state index in [4.69, 9.17) is 11.6 Å². The van der Waals surface area contributed by atoms with Gasteiger partial charge in [0.05, 0.1) is 5.69 Å². The third kappa shape index (κ3) is 2.00. The molecule has 5 heteroatoms. The molecule has 90 valence electrons. The molecule has 1 fully saturated rings. The molecule has 0 atom stereocenters. The third-order valence-electron chi connectivity index (χ3n) is 2.83. The minimum Gasteiger partial charge on any atom is -0.315 e. The van der Waals surface area contributed by atoms with Gasteiger partial charge >= 0.3 is 6.03 Å². The van der Waals surface area contributed by atoms with Crippen molar-refractivity contribution in [1.82, 2.24) is 4.90 Å². The Morgan fingerprint density at radius 1 is 1.35 bits per heavy atom. The summed E-state index contributed by atoms with van der Waals surface area (Å²) >= 11 is 6.00. The van der Waals surface area contributed by atoms with E-state index in [-0.39, 0.29) is 18.5 Å². The van der Waals surface area contributed by atoms with Crippen molar-refractivity contribution < 1.29 is 9.59 Å². The van der Waals surface area contributed by atoms with Gasteiger partial charge in [-0.05, 0) is 31.5 Å². The lowest BCUT2D eigenvalue weighted by atomic mass is 10.2. The van der Waals surface area contributed by atoms with E-state index in [9.17, 15) is 9.59 Å². The molecule has 0 aromatic heterocycles. The highest BCUT2D eigenvalue weighted by Crippen LogP contribution is 2.26.